The molecule has 1 aromatic heterocycles. The van der Waals surface area contributed by atoms with Crippen LogP contribution >= 0.6 is 58.2 Å². The summed E-state index contributed by atoms with van der Waals surface area (Å²) in [5, 5.41) is 12.8. The molecule has 1 unspecified atom stereocenters. The molecule has 0 saturated carbocycles. The molecule has 0 bridgehead atoms. The maximum atomic E-state index is 12.6. The molecule has 0 aliphatic rings. The van der Waals surface area contributed by atoms with E-state index in [4.69, 9.17) is 46.4 Å². The molecule has 1 N–H and O–H groups in total. The Bertz CT molecular complexity index is 1000. The Balaban J connectivity index is 1.74. The highest BCUT2D eigenvalue weighted by Crippen LogP contribution is 2.34. The van der Waals surface area contributed by atoms with Gasteiger partial charge in [0.2, 0.25) is 5.91 Å². The molecular formula is C18H14Cl4N4OS. The number of benzene rings is 2. The first-order chi connectivity index (χ1) is 13.3. The molecule has 1 heterocycles. The van der Waals surface area contributed by atoms with Crippen LogP contribution in [0.5, 0.6) is 0 Å². The monoisotopic (exact) mass is 474 g/mol. The zero-order valence-corrected chi connectivity index (χ0v) is 18.6. The molecule has 2 aromatic carbocycles. The summed E-state index contributed by atoms with van der Waals surface area (Å²) in [6.07, 6.45) is 0. The number of hydrogen-bond donors (Lipinski definition) is 1. The summed E-state index contributed by atoms with van der Waals surface area (Å²) in [5.41, 5.74) is 1.20. The van der Waals surface area contributed by atoms with Crippen molar-refractivity contribution in [3.8, 4) is 11.4 Å². The average molecular weight is 476 g/mol. The van der Waals surface area contributed by atoms with E-state index in [2.05, 4.69) is 15.5 Å². The lowest BCUT2D eigenvalue weighted by atomic mass is 10.2. The van der Waals surface area contributed by atoms with Crippen LogP contribution in [0.2, 0.25) is 20.1 Å². The number of carbonyl (C=O) groups is 1. The van der Waals surface area contributed by atoms with Gasteiger partial charge in [-0.25, -0.2) is 0 Å². The third kappa shape index (κ3) is 4.75. The van der Waals surface area contributed by atoms with Gasteiger partial charge in [0.1, 0.15) is 0 Å². The highest BCUT2D eigenvalue weighted by Gasteiger charge is 2.21. The lowest BCUT2D eigenvalue weighted by Gasteiger charge is -2.14. The van der Waals surface area contributed by atoms with Crippen molar-refractivity contribution in [2.24, 2.45) is 7.05 Å². The van der Waals surface area contributed by atoms with Crippen LogP contribution in [0, 0.1) is 0 Å². The first-order valence-corrected chi connectivity index (χ1v) is 10.4. The molecule has 1 atom stereocenters. The fourth-order valence-electron chi connectivity index (χ4n) is 2.37. The summed E-state index contributed by atoms with van der Waals surface area (Å²) in [6.45, 7) is 1.76. The first-order valence-electron chi connectivity index (χ1n) is 8.03. The van der Waals surface area contributed by atoms with Gasteiger partial charge in [0.25, 0.3) is 0 Å². The summed E-state index contributed by atoms with van der Waals surface area (Å²) in [5.74, 6) is 0.405. The van der Waals surface area contributed by atoms with Crippen LogP contribution in [-0.4, -0.2) is 25.9 Å². The van der Waals surface area contributed by atoms with E-state index in [0.717, 1.165) is 5.56 Å². The lowest BCUT2D eigenvalue weighted by Crippen LogP contribution is -2.23. The Kier molecular flexibility index (Phi) is 6.78. The molecule has 0 spiro atoms. The van der Waals surface area contributed by atoms with E-state index >= 15 is 0 Å². The molecule has 0 radical (unpaired) electrons. The number of aromatic nitrogens is 3. The number of halogens is 4. The molecule has 0 aliphatic heterocycles. The largest absolute Gasteiger partial charge is 0.323 e. The first kappa shape index (κ1) is 21.3. The predicted molar refractivity (Wildman–Crippen MR) is 117 cm³/mol. The van der Waals surface area contributed by atoms with Gasteiger partial charge in [-0.3, -0.25) is 4.79 Å². The number of thioether (sulfide) groups is 1. The van der Waals surface area contributed by atoms with E-state index in [1.165, 1.54) is 23.9 Å². The van der Waals surface area contributed by atoms with Crippen LogP contribution in [0.3, 0.4) is 0 Å². The maximum Gasteiger partial charge on any atom is 0.237 e. The summed E-state index contributed by atoms with van der Waals surface area (Å²) >= 11 is 25.3. The van der Waals surface area contributed by atoms with Crippen LogP contribution in [0.25, 0.3) is 11.4 Å². The second-order valence-electron chi connectivity index (χ2n) is 5.87. The molecular weight excluding hydrogens is 462 g/mol. The summed E-state index contributed by atoms with van der Waals surface area (Å²) in [4.78, 5) is 12.6. The van der Waals surface area contributed by atoms with Crippen LogP contribution < -0.4 is 5.32 Å². The molecule has 3 aromatic rings. The van der Waals surface area contributed by atoms with Crippen molar-refractivity contribution in [1.82, 2.24) is 14.8 Å². The standard InChI is InChI=1S/C18H14Cl4N4OS/c1-9(17(27)23-15-13(21)7-12(20)8-14(15)22)28-18-25-24-16(26(18)2)10-3-5-11(19)6-4-10/h3-9H,1-2H3,(H,23,27). The molecule has 10 heteroatoms. The van der Waals surface area contributed by atoms with E-state index in [9.17, 15) is 4.79 Å². The zero-order chi connectivity index (χ0) is 20.4. The van der Waals surface area contributed by atoms with Gasteiger partial charge in [-0.15, -0.1) is 10.2 Å². The molecule has 5 nitrogen and oxygen atoms in total. The van der Waals surface area contributed by atoms with Gasteiger partial charge < -0.3 is 9.88 Å². The Labute approximate surface area is 186 Å². The number of carbonyl (C=O) groups excluding carboxylic acids is 1. The summed E-state index contributed by atoms with van der Waals surface area (Å²) in [6, 6.07) is 10.3. The van der Waals surface area contributed by atoms with Gasteiger partial charge in [0.15, 0.2) is 11.0 Å². The van der Waals surface area contributed by atoms with Crippen molar-refractivity contribution in [3.05, 3.63) is 56.5 Å². The molecule has 1 amide bonds. The van der Waals surface area contributed by atoms with Gasteiger partial charge >= 0.3 is 0 Å². The fourth-order valence-corrected chi connectivity index (χ4v) is 4.22. The maximum absolute atomic E-state index is 12.6. The zero-order valence-electron chi connectivity index (χ0n) is 14.7. The van der Waals surface area contributed by atoms with E-state index in [1.54, 1.807) is 19.1 Å². The third-order valence-electron chi connectivity index (χ3n) is 3.84. The number of hydrogen-bond acceptors (Lipinski definition) is 4. The van der Waals surface area contributed by atoms with Crippen molar-refractivity contribution in [2.45, 2.75) is 17.3 Å². The molecule has 0 fully saturated rings. The van der Waals surface area contributed by atoms with Crippen LogP contribution in [0.15, 0.2) is 41.6 Å². The number of rotatable bonds is 5. The SMILES string of the molecule is CC(Sc1nnc(-c2ccc(Cl)cc2)n1C)C(=O)Nc1c(Cl)cc(Cl)cc1Cl. The van der Waals surface area contributed by atoms with Crippen LogP contribution in [0.4, 0.5) is 5.69 Å². The minimum Gasteiger partial charge on any atom is -0.323 e. The van der Waals surface area contributed by atoms with Crippen LogP contribution in [0.1, 0.15) is 6.92 Å². The second-order valence-corrected chi connectivity index (χ2v) is 8.86. The smallest absolute Gasteiger partial charge is 0.237 e. The molecule has 3 rings (SSSR count). The van der Waals surface area contributed by atoms with Crippen molar-refractivity contribution in [1.29, 1.82) is 0 Å². The quantitative estimate of drug-likeness (QED) is 0.445. The highest BCUT2D eigenvalue weighted by molar-refractivity contribution is 8.00. The van der Waals surface area contributed by atoms with Gasteiger partial charge in [-0.1, -0.05) is 58.2 Å². The fraction of sp³-hybridized carbons (Fsp3) is 0.167. The van der Waals surface area contributed by atoms with E-state index in [1.807, 2.05) is 23.7 Å². The minimum absolute atomic E-state index is 0.270. The van der Waals surface area contributed by atoms with Gasteiger partial charge in [-0.2, -0.15) is 0 Å². The van der Waals surface area contributed by atoms with Crippen LogP contribution in [-0.2, 0) is 11.8 Å². The topological polar surface area (TPSA) is 59.8 Å². The average Bonchev–Trinajstić information content (AvgIpc) is 2.99. The molecule has 146 valence electrons. The van der Waals surface area contributed by atoms with E-state index in [-0.39, 0.29) is 16.0 Å². The van der Waals surface area contributed by atoms with Gasteiger partial charge in [0, 0.05) is 22.7 Å². The molecule has 0 aliphatic carbocycles. The number of nitrogens with one attached hydrogen (secondary N) is 1. The predicted octanol–water partition coefficient (Wildman–Crippen LogP) is 6.22. The number of nitrogens with zero attached hydrogens (tertiary/aromatic N) is 3. The Morgan fingerprint density at radius 3 is 2.25 bits per heavy atom. The summed E-state index contributed by atoms with van der Waals surface area (Å²) in [7, 11) is 1.84. The Morgan fingerprint density at radius 1 is 1.04 bits per heavy atom. The normalized spacial score (nSPS) is 12.1. The minimum atomic E-state index is -0.469. The summed E-state index contributed by atoms with van der Waals surface area (Å²) < 4.78 is 1.82. The highest BCUT2D eigenvalue weighted by atomic mass is 35.5. The van der Waals surface area contributed by atoms with Crippen molar-refractivity contribution in [2.75, 3.05) is 5.32 Å². The van der Waals surface area contributed by atoms with Gasteiger partial charge in [-0.05, 0) is 43.3 Å². The lowest BCUT2D eigenvalue weighted by molar-refractivity contribution is -0.115. The number of anilines is 1. The van der Waals surface area contributed by atoms with Crippen molar-refractivity contribution in [3.63, 3.8) is 0 Å². The number of amides is 1. The van der Waals surface area contributed by atoms with E-state index < -0.39 is 5.25 Å². The van der Waals surface area contributed by atoms with Crippen molar-refractivity contribution >= 4 is 69.8 Å². The van der Waals surface area contributed by atoms with E-state index in [0.29, 0.717) is 26.7 Å². The Morgan fingerprint density at radius 2 is 1.64 bits per heavy atom. The second kappa shape index (κ2) is 8.93. The van der Waals surface area contributed by atoms with Crippen molar-refractivity contribution < 1.29 is 4.79 Å². The molecule has 0 saturated heterocycles. The van der Waals surface area contributed by atoms with Gasteiger partial charge in [0.05, 0.1) is 21.0 Å². The Hall–Kier alpha value is -1.44. The molecule has 28 heavy (non-hydrogen) atoms. The third-order valence-corrected chi connectivity index (χ3v) is 6.04.